The summed E-state index contributed by atoms with van der Waals surface area (Å²) in [5, 5.41) is 4.78. The number of nitrogens with one attached hydrogen (secondary N) is 1. The van der Waals surface area contributed by atoms with E-state index in [1.54, 1.807) is 14.2 Å². The second-order valence-corrected chi connectivity index (χ2v) is 8.68. The summed E-state index contributed by atoms with van der Waals surface area (Å²) in [5.74, 6) is 1.61. The van der Waals surface area contributed by atoms with Crippen molar-refractivity contribution in [2.24, 2.45) is 5.10 Å². The third kappa shape index (κ3) is 3.91. The van der Waals surface area contributed by atoms with Gasteiger partial charge in [-0.25, -0.2) is 0 Å². The monoisotopic (exact) mass is 407 g/mol. The SMILES string of the molecule is COc1ccc([C@@]23CCC(=NNCc4cccc(C)c4)C[C@@H]2N(C)CC3)cc1OC. The summed E-state index contributed by atoms with van der Waals surface area (Å²) in [4.78, 5) is 2.51. The van der Waals surface area contributed by atoms with Crippen LogP contribution in [0.4, 0.5) is 0 Å². The fourth-order valence-electron chi connectivity index (χ4n) is 5.25. The minimum atomic E-state index is 0.157. The Bertz CT molecular complexity index is 926. The number of likely N-dealkylation sites (tertiary alicyclic amines) is 1. The molecule has 160 valence electrons. The highest BCUT2D eigenvalue weighted by atomic mass is 16.5. The Kier molecular flexibility index (Phi) is 6.00. The Labute approximate surface area is 180 Å². The maximum Gasteiger partial charge on any atom is 0.161 e. The van der Waals surface area contributed by atoms with Gasteiger partial charge >= 0.3 is 0 Å². The molecule has 1 saturated heterocycles. The van der Waals surface area contributed by atoms with Crippen molar-refractivity contribution in [1.82, 2.24) is 10.3 Å². The first-order chi connectivity index (χ1) is 14.6. The van der Waals surface area contributed by atoms with Crippen LogP contribution in [0.5, 0.6) is 11.5 Å². The Morgan fingerprint density at radius 3 is 2.70 bits per heavy atom. The minimum absolute atomic E-state index is 0.157. The van der Waals surface area contributed by atoms with Crippen LogP contribution in [0.15, 0.2) is 47.6 Å². The van der Waals surface area contributed by atoms with Crippen LogP contribution in [0.3, 0.4) is 0 Å². The van der Waals surface area contributed by atoms with E-state index in [1.165, 1.54) is 28.8 Å². The molecule has 1 aliphatic heterocycles. The van der Waals surface area contributed by atoms with Gasteiger partial charge in [-0.15, -0.1) is 0 Å². The Hall–Kier alpha value is -2.53. The van der Waals surface area contributed by atoms with Crippen LogP contribution >= 0.6 is 0 Å². The third-order valence-electron chi connectivity index (χ3n) is 6.93. The predicted octanol–water partition coefficient (Wildman–Crippen LogP) is 4.28. The summed E-state index contributed by atoms with van der Waals surface area (Å²) < 4.78 is 11.0. The first kappa shape index (κ1) is 20.7. The van der Waals surface area contributed by atoms with Gasteiger partial charge in [0.05, 0.1) is 20.8 Å². The number of aryl methyl sites for hydroxylation is 1. The number of ether oxygens (including phenoxy) is 2. The van der Waals surface area contributed by atoms with Crippen LogP contribution in [0, 0.1) is 6.92 Å². The number of rotatable bonds is 6. The number of nitrogens with zero attached hydrogens (tertiary/aromatic N) is 2. The van der Waals surface area contributed by atoms with Gasteiger partial charge in [-0.2, -0.15) is 5.10 Å². The van der Waals surface area contributed by atoms with E-state index in [2.05, 4.69) is 60.7 Å². The zero-order valence-electron chi connectivity index (χ0n) is 18.6. The zero-order valence-corrected chi connectivity index (χ0v) is 18.6. The van der Waals surface area contributed by atoms with Crippen LogP contribution < -0.4 is 14.9 Å². The number of hydrogen-bond acceptors (Lipinski definition) is 5. The molecule has 0 spiro atoms. The molecule has 4 rings (SSSR count). The van der Waals surface area contributed by atoms with Gasteiger partial charge in [0.25, 0.3) is 0 Å². The van der Waals surface area contributed by atoms with E-state index in [0.717, 1.165) is 43.9 Å². The highest BCUT2D eigenvalue weighted by Gasteiger charge is 2.49. The number of hydrogen-bond donors (Lipinski definition) is 1. The Balaban J connectivity index is 1.51. The average molecular weight is 408 g/mol. The summed E-state index contributed by atoms with van der Waals surface area (Å²) in [6.45, 7) is 4.01. The van der Waals surface area contributed by atoms with Gasteiger partial charge in [-0.1, -0.05) is 35.9 Å². The van der Waals surface area contributed by atoms with Crippen LogP contribution in [0.25, 0.3) is 0 Å². The molecule has 2 fully saturated rings. The number of methoxy groups -OCH3 is 2. The molecule has 5 heteroatoms. The van der Waals surface area contributed by atoms with Crippen LogP contribution in [0.2, 0.25) is 0 Å². The van der Waals surface area contributed by atoms with Crippen molar-refractivity contribution in [1.29, 1.82) is 0 Å². The highest BCUT2D eigenvalue weighted by Crippen LogP contribution is 2.49. The average Bonchev–Trinajstić information content (AvgIpc) is 3.10. The van der Waals surface area contributed by atoms with E-state index in [1.807, 2.05) is 6.07 Å². The predicted molar refractivity (Wildman–Crippen MR) is 122 cm³/mol. The van der Waals surface area contributed by atoms with Gasteiger partial charge in [0.2, 0.25) is 0 Å². The van der Waals surface area contributed by atoms with E-state index < -0.39 is 0 Å². The molecule has 2 atom stereocenters. The molecule has 0 unspecified atom stereocenters. The molecule has 0 amide bonds. The Morgan fingerprint density at radius 1 is 1.10 bits per heavy atom. The third-order valence-corrected chi connectivity index (χ3v) is 6.93. The fourth-order valence-corrected chi connectivity index (χ4v) is 5.25. The topological polar surface area (TPSA) is 46.1 Å². The van der Waals surface area contributed by atoms with Crippen molar-refractivity contribution < 1.29 is 9.47 Å². The van der Waals surface area contributed by atoms with E-state index in [0.29, 0.717) is 6.04 Å². The first-order valence-corrected chi connectivity index (χ1v) is 10.8. The molecule has 2 aromatic rings. The number of fused-ring (bicyclic) bond motifs is 1. The number of likely N-dealkylation sites (N-methyl/N-ethyl adjacent to an activating group) is 1. The number of benzene rings is 2. The molecular weight excluding hydrogens is 374 g/mol. The van der Waals surface area contributed by atoms with Crippen LogP contribution in [0.1, 0.15) is 42.4 Å². The van der Waals surface area contributed by atoms with Crippen molar-refractivity contribution in [2.45, 2.75) is 50.6 Å². The molecule has 30 heavy (non-hydrogen) atoms. The van der Waals surface area contributed by atoms with Gasteiger partial charge < -0.3 is 19.8 Å². The molecular formula is C25H33N3O2. The molecule has 1 aliphatic carbocycles. The van der Waals surface area contributed by atoms with Crippen molar-refractivity contribution in [2.75, 3.05) is 27.8 Å². The van der Waals surface area contributed by atoms with E-state index in [4.69, 9.17) is 14.6 Å². The van der Waals surface area contributed by atoms with Gasteiger partial charge in [0, 0.05) is 23.6 Å². The van der Waals surface area contributed by atoms with Gasteiger partial charge in [-0.3, -0.25) is 0 Å². The number of hydrazone groups is 1. The van der Waals surface area contributed by atoms with Crippen molar-refractivity contribution >= 4 is 5.71 Å². The lowest BCUT2D eigenvalue weighted by Gasteiger charge is -2.42. The lowest BCUT2D eigenvalue weighted by atomic mass is 9.65. The van der Waals surface area contributed by atoms with Crippen LogP contribution in [-0.4, -0.2) is 44.5 Å². The molecule has 5 nitrogen and oxygen atoms in total. The molecule has 0 aromatic heterocycles. The minimum Gasteiger partial charge on any atom is -0.493 e. The maximum atomic E-state index is 5.59. The van der Waals surface area contributed by atoms with E-state index in [-0.39, 0.29) is 5.41 Å². The molecule has 0 radical (unpaired) electrons. The van der Waals surface area contributed by atoms with E-state index >= 15 is 0 Å². The van der Waals surface area contributed by atoms with Gasteiger partial charge in [0.1, 0.15) is 0 Å². The lowest BCUT2D eigenvalue weighted by Crippen LogP contribution is -2.46. The molecule has 2 aromatic carbocycles. The lowest BCUT2D eigenvalue weighted by molar-refractivity contribution is 0.226. The van der Waals surface area contributed by atoms with Gasteiger partial charge in [-0.05, 0) is 63.0 Å². The van der Waals surface area contributed by atoms with Crippen molar-refractivity contribution in [3.8, 4) is 11.5 Å². The van der Waals surface area contributed by atoms with E-state index in [9.17, 15) is 0 Å². The van der Waals surface area contributed by atoms with Crippen molar-refractivity contribution in [3.05, 3.63) is 59.2 Å². The first-order valence-electron chi connectivity index (χ1n) is 10.8. The summed E-state index contributed by atoms with van der Waals surface area (Å²) in [6.07, 6.45) is 4.32. The molecule has 1 N–H and O–H groups in total. The molecule has 1 heterocycles. The van der Waals surface area contributed by atoms with Crippen molar-refractivity contribution in [3.63, 3.8) is 0 Å². The molecule has 2 aliphatic rings. The molecule has 0 bridgehead atoms. The summed E-state index contributed by atoms with van der Waals surface area (Å²) >= 11 is 0. The smallest absolute Gasteiger partial charge is 0.161 e. The largest absolute Gasteiger partial charge is 0.493 e. The van der Waals surface area contributed by atoms with Gasteiger partial charge in [0.15, 0.2) is 11.5 Å². The normalized spacial score (nSPS) is 25.2. The second-order valence-electron chi connectivity index (χ2n) is 8.68. The summed E-state index contributed by atoms with van der Waals surface area (Å²) in [7, 11) is 5.65. The quantitative estimate of drug-likeness (QED) is 0.726. The summed E-state index contributed by atoms with van der Waals surface area (Å²) in [6, 6.07) is 15.5. The Morgan fingerprint density at radius 2 is 1.93 bits per heavy atom. The molecule has 1 saturated carbocycles. The summed E-state index contributed by atoms with van der Waals surface area (Å²) in [5.41, 5.74) is 8.66. The van der Waals surface area contributed by atoms with Crippen LogP contribution in [-0.2, 0) is 12.0 Å². The standard InChI is InChI=1S/C25H33N3O2/c1-18-6-5-7-19(14-18)17-26-27-21-10-11-25(12-13-28(2)24(25)16-21)20-8-9-22(29-3)23(15-20)30-4/h5-9,14-15,24,26H,10-13,16-17H2,1-4H3/t24-,25-/m0/s1. The second kappa shape index (κ2) is 8.68. The fraction of sp³-hybridized carbons (Fsp3) is 0.480. The zero-order chi connectivity index (χ0) is 21.1. The maximum absolute atomic E-state index is 5.59. The highest BCUT2D eigenvalue weighted by molar-refractivity contribution is 5.86.